The zero-order chi connectivity index (χ0) is 22.2. The Balaban J connectivity index is 1.50. The van der Waals surface area contributed by atoms with E-state index in [2.05, 4.69) is 34.9 Å². The molecule has 1 aromatic heterocycles. The summed E-state index contributed by atoms with van der Waals surface area (Å²) in [6.45, 7) is 3.47. The molecular weight excluding hydrogens is 430 g/mol. The zero-order valence-electron chi connectivity index (χ0n) is 18.0. The minimum absolute atomic E-state index is 0.250. The predicted octanol–water partition coefficient (Wildman–Crippen LogP) is 4.48. The average Bonchev–Trinajstić information content (AvgIpc) is 3.41. The van der Waals surface area contributed by atoms with Crippen LogP contribution < -0.4 is 10.6 Å². The summed E-state index contributed by atoms with van der Waals surface area (Å²) in [5.74, 6) is -0.313. The molecule has 3 atom stereocenters. The molecule has 1 aromatic carbocycles. The van der Waals surface area contributed by atoms with E-state index >= 15 is 0 Å². The Hall–Kier alpha value is -1.87. The second kappa shape index (κ2) is 11.7. The van der Waals surface area contributed by atoms with Crippen LogP contribution in [0.4, 0.5) is 4.79 Å². The number of rotatable bonds is 10. The monoisotopic (exact) mass is 461 g/mol. The first-order valence-electron chi connectivity index (χ1n) is 10.7. The van der Waals surface area contributed by atoms with E-state index in [1.165, 1.54) is 16.0 Å². The number of thiophene rings is 1. The first-order valence-corrected chi connectivity index (χ1v) is 12.5. The molecule has 1 fully saturated rings. The van der Waals surface area contributed by atoms with Crippen LogP contribution in [-0.4, -0.2) is 46.2 Å². The van der Waals surface area contributed by atoms with Crippen LogP contribution in [-0.2, 0) is 17.8 Å². The largest absolute Gasteiger partial charge is 0.465 e. The highest BCUT2D eigenvalue weighted by atomic mass is 32.2. The lowest BCUT2D eigenvalue weighted by Gasteiger charge is -2.26. The van der Waals surface area contributed by atoms with E-state index in [9.17, 15) is 14.7 Å². The molecule has 2 aromatic rings. The summed E-state index contributed by atoms with van der Waals surface area (Å²) in [7, 11) is 1.93. The fourth-order valence-electron chi connectivity index (χ4n) is 3.93. The summed E-state index contributed by atoms with van der Waals surface area (Å²) in [5.41, 5.74) is 2.49. The Bertz CT molecular complexity index is 842. The molecule has 31 heavy (non-hydrogen) atoms. The molecule has 0 bridgehead atoms. The van der Waals surface area contributed by atoms with Gasteiger partial charge in [-0.05, 0) is 55.8 Å². The predicted molar refractivity (Wildman–Crippen MR) is 128 cm³/mol. The molecule has 0 aliphatic carbocycles. The van der Waals surface area contributed by atoms with Gasteiger partial charge in [0.1, 0.15) is 0 Å². The topological polar surface area (TPSA) is 81.7 Å². The Kier molecular flexibility index (Phi) is 8.95. The number of carbonyl (C=O) groups excluding carboxylic acids is 1. The molecule has 3 rings (SSSR count). The van der Waals surface area contributed by atoms with Crippen molar-refractivity contribution in [3.8, 4) is 0 Å². The number of amides is 2. The number of hydrogen-bond acceptors (Lipinski definition) is 6. The summed E-state index contributed by atoms with van der Waals surface area (Å²) in [6.07, 6.45) is 1.47. The normalized spacial score (nSPS) is 19.3. The first kappa shape index (κ1) is 23.8. The van der Waals surface area contributed by atoms with Crippen LogP contribution in [0.1, 0.15) is 48.2 Å². The van der Waals surface area contributed by atoms with E-state index in [4.69, 9.17) is 0 Å². The van der Waals surface area contributed by atoms with Crippen molar-refractivity contribution in [2.75, 3.05) is 13.6 Å². The van der Waals surface area contributed by atoms with E-state index in [1.807, 2.05) is 31.5 Å². The molecule has 8 heteroatoms. The second-order valence-corrected chi connectivity index (χ2v) is 10.5. The van der Waals surface area contributed by atoms with E-state index in [-0.39, 0.29) is 23.6 Å². The van der Waals surface area contributed by atoms with Gasteiger partial charge in [-0.25, -0.2) is 9.69 Å². The lowest BCUT2D eigenvalue weighted by molar-refractivity contribution is -0.129. The Labute approximate surface area is 192 Å². The van der Waals surface area contributed by atoms with Gasteiger partial charge in [0, 0.05) is 35.7 Å². The van der Waals surface area contributed by atoms with Gasteiger partial charge in [0.25, 0.3) is 0 Å². The van der Waals surface area contributed by atoms with Crippen molar-refractivity contribution in [2.45, 2.75) is 55.8 Å². The number of thioether (sulfide) groups is 1. The van der Waals surface area contributed by atoms with Crippen LogP contribution in [0.5, 0.6) is 0 Å². The molecule has 2 heterocycles. The van der Waals surface area contributed by atoms with Crippen LogP contribution in [0.25, 0.3) is 0 Å². The van der Waals surface area contributed by atoms with Crippen molar-refractivity contribution >= 4 is 35.1 Å². The maximum absolute atomic E-state index is 12.6. The number of benzene rings is 1. The van der Waals surface area contributed by atoms with Gasteiger partial charge in [-0.3, -0.25) is 4.79 Å². The highest BCUT2D eigenvalue weighted by Gasteiger charge is 2.32. The molecule has 6 nitrogen and oxygen atoms in total. The van der Waals surface area contributed by atoms with Crippen molar-refractivity contribution in [1.82, 2.24) is 15.5 Å². The van der Waals surface area contributed by atoms with Gasteiger partial charge in [0.2, 0.25) is 5.91 Å². The minimum atomic E-state index is -1.16. The fourth-order valence-corrected chi connectivity index (χ4v) is 6.06. The van der Waals surface area contributed by atoms with Gasteiger partial charge in [-0.15, -0.1) is 23.1 Å². The lowest BCUT2D eigenvalue weighted by atomic mass is 10.0. The fraction of sp³-hybridized carbons (Fsp3) is 0.478. The summed E-state index contributed by atoms with van der Waals surface area (Å²) in [4.78, 5) is 26.6. The van der Waals surface area contributed by atoms with E-state index in [0.29, 0.717) is 6.42 Å². The van der Waals surface area contributed by atoms with Crippen molar-refractivity contribution < 1.29 is 14.7 Å². The minimum Gasteiger partial charge on any atom is -0.465 e. The lowest BCUT2D eigenvalue weighted by Crippen LogP contribution is -2.41. The van der Waals surface area contributed by atoms with Crippen molar-refractivity contribution in [3.63, 3.8) is 0 Å². The molecule has 168 valence electrons. The number of nitrogens with zero attached hydrogens (tertiary/aromatic N) is 1. The van der Waals surface area contributed by atoms with Crippen LogP contribution in [0.3, 0.4) is 0 Å². The van der Waals surface area contributed by atoms with Crippen molar-refractivity contribution in [1.29, 1.82) is 0 Å². The Morgan fingerprint density at radius 3 is 2.74 bits per heavy atom. The highest BCUT2D eigenvalue weighted by Crippen LogP contribution is 2.33. The summed E-state index contributed by atoms with van der Waals surface area (Å²) in [5, 5.41) is 18.2. The number of hydrogen-bond donors (Lipinski definition) is 3. The number of carboxylic acid groups (broad SMARTS) is 1. The maximum Gasteiger partial charge on any atom is 0.415 e. The second-order valence-electron chi connectivity index (χ2n) is 7.81. The third kappa shape index (κ3) is 6.80. The van der Waals surface area contributed by atoms with E-state index in [1.54, 1.807) is 23.1 Å². The van der Waals surface area contributed by atoms with Crippen LogP contribution >= 0.6 is 23.1 Å². The molecule has 0 spiro atoms. The number of nitrogens with one attached hydrogen (secondary N) is 2. The smallest absolute Gasteiger partial charge is 0.415 e. The van der Waals surface area contributed by atoms with Gasteiger partial charge < -0.3 is 15.7 Å². The molecular formula is C23H31N3O3S2. The molecule has 0 unspecified atom stereocenters. The van der Waals surface area contributed by atoms with Gasteiger partial charge >= 0.3 is 6.09 Å². The van der Waals surface area contributed by atoms with Gasteiger partial charge in [0.15, 0.2) is 0 Å². The summed E-state index contributed by atoms with van der Waals surface area (Å²) >= 11 is 3.23. The van der Waals surface area contributed by atoms with Gasteiger partial charge in [-0.2, -0.15) is 0 Å². The molecule has 0 saturated carbocycles. The maximum atomic E-state index is 12.6. The van der Waals surface area contributed by atoms with Crippen LogP contribution in [0.15, 0.2) is 41.8 Å². The van der Waals surface area contributed by atoms with Crippen molar-refractivity contribution in [3.05, 3.63) is 57.8 Å². The number of aryl methyl sites for hydroxylation is 1. The van der Waals surface area contributed by atoms with Gasteiger partial charge in [0.05, 0.1) is 5.37 Å². The summed E-state index contributed by atoms with van der Waals surface area (Å²) in [6, 6.07) is 12.9. The third-order valence-corrected chi connectivity index (χ3v) is 7.76. The van der Waals surface area contributed by atoms with Crippen molar-refractivity contribution in [2.24, 2.45) is 0 Å². The zero-order valence-corrected chi connectivity index (χ0v) is 19.7. The molecule has 3 N–H and O–H groups in total. The number of imide groups is 1. The quantitative estimate of drug-likeness (QED) is 0.453. The molecule has 1 aliphatic heterocycles. The number of carbonyl (C=O) groups is 2. The first-order chi connectivity index (χ1) is 15.0. The van der Waals surface area contributed by atoms with Crippen LogP contribution in [0.2, 0.25) is 0 Å². The standard InChI is InChI=1S/C23H31N3O3S2/c1-16(26(23(28)29)22(27)7-3-5-19-6-4-12-30-19)31-20-13-21(25-15-20)18-10-8-17(9-11-18)14-24-2/h4,6,8-12,16,20-21,24-25H,3,5,7,13-15H2,1-2H3,(H,28,29)/t16-,20-,21-/m0/s1. The SMILES string of the molecule is CNCc1ccc([C@@H]2C[C@H](S[C@@H](C)N(C(=O)O)C(=O)CCCc3cccs3)CN2)cc1. The third-order valence-electron chi connectivity index (χ3n) is 5.48. The van der Waals surface area contributed by atoms with E-state index in [0.717, 1.165) is 30.8 Å². The molecule has 1 saturated heterocycles. The summed E-state index contributed by atoms with van der Waals surface area (Å²) < 4.78 is 0. The molecule has 1 aliphatic rings. The van der Waals surface area contributed by atoms with Crippen LogP contribution in [0, 0.1) is 0 Å². The van der Waals surface area contributed by atoms with Gasteiger partial charge in [-0.1, -0.05) is 30.3 Å². The average molecular weight is 462 g/mol. The molecule has 0 radical (unpaired) electrons. The Morgan fingerprint density at radius 1 is 1.32 bits per heavy atom. The molecule has 2 amide bonds. The highest BCUT2D eigenvalue weighted by molar-refractivity contribution is 8.00. The Morgan fingerprint density at radius 2 is 2.10 bits per heavy atom. The van der Waals surface area contributed by atoms with E-state index < -0.39 is 11.5 Å².